The first-order valence-corrected chi connectivity index (χ1v) is 8.93. The highest BCUT2D eigenvalue weighted by Gasteiger charge is 2.28. The fourth-order valence-corrected chi connectivity index (χ4v) is 3.31. The molecule has 2 aromatic heterocycles. The average molecular weight is 381 g/mol. The predicted octanol–water partition coefficient (Wildman–Crippen LogP) is 1.77. The Bertz CT molecular complexity index is 1070. The molecule has 1 amide bonds. The van der Waals surface area contributed by atoms with Crippen LogP contribution < -0.4 is 16.4 Å². The van der Waals surface area contributed by atoms with Crippen LogP contribution in [0.15, 0.2) is 30.6 Å². The number of nitrogens with two attached hydrogens (primary N) is 1. The van der Waals surface area contributed by atoms with Crippen LogP contribution in [0.4, 0.5) is 10.1 Å². The van der Waals surface area contributed by atoms with Crippen molar-refractivity contribution in [2.45, 2.75) is 24.9 Å². The molecule has 0 saturated heterocycles. The summed E-state index contributed by atoms with van der Waals surface area (Å²) < 4.78 is 13.5. The highest BCUT2D eigenvalue weighted by molar-refractivity contribution is 6.14. The second-order valence-electron chi connectivity index (χ2n) is 6.87. The van der Waals surface area contributed by atoms with E-state index in [2.05, 4.69) is 25.6 Å². The Morgan fingerprint density at radius 2 is 2.14 bits per heavy atom. The van der Waals surface area contributed by atoms with Gasteiger partial charge in [-0.05, 0) is 31.0 Å². The smallest absolute Gasteiger partial charge is 0.255 e. The monoisotopic (exact) mass is 381 g/mol. The summed E-state index contributed by atoms with van der Waals surface area (Å²) in [5.74, 6) is -0.651. The predicted molar refractivity (Wildman–Crippen MR) is 104 cm³/mol. The van der Waals surface area contributed by atoms with Gasteiger partial charge in [-0.25, -0.2) is 14.4 Å². The van der Waals surface area contributed by atoms with E-state index < -0.39 is 5.82 Å². The molecule has 0 spiro atoms. The van der Waals surface area contributed by atoms with Crippen LogP contribution in [0, 0.1) is 11.2 Å². The molecule has 8 nitrogen and oxygen atoms in total. The lowest BCUT2D eigenvalue weighted by molar-refractivity contribution is 0.0912. The summed E-state index contributed by atoms with van der Waals surface area (Å²) >= 11 is 0. The zero-order chi connectivity index (χ0) is 19.8. The minimum atomic E-state index is -0.400. The molecule has 1 fully saturated rings. The molecular weight excluding hydrogens is 361 g/mol. The van der Waals surface area contributed by atoms with E-state index >= 15 is 0 Å². The van der Waals surface area contributed by atoms with E-state index in [1.807, 2.05) is 0 Å². The van der Waals surface area contributed by atoms with E-state index in [-0.39, 0.29) is 29.4 Å². The second-order valence-corrected chi connectivity index (χ2v) is 6.87. The Morgan fingerprint density at radius 1 is 1.36 bits per heavy atom. The van der Waals surface area contributed by atoms with Gasteiger partial charge in [0, 0.05) is 36.6 Å². The van der Waals surface area contributed by atoms with Crippen molar-refractivity contribution < 1.29 is 9.18 Å². The SMILES string of the molecule is CNc1cc(F)ccc1C(=N)c1cnc2[nH]cc(C(=O)N[C@H]3C[C@@H](N)C3)c2n1. The fourth-order valence-electron chi connectivity index (χ4n) is 3.31. The molecule has 0 atom stereocenters. The number of halogens is 1. The van der Waals surface area contributed by atoms with Gasteiger partial charge < -0.3 is 21.4 Å². The van der Waals surface area contributed by atoms with Gasteiger partial charge in [0.05, 0.1) is 17.5 Å². The van der Waals surface area contributed by atoms with Crippen LogP contribution in [0.25, 0.3) is 11.2 Å². The van der Waals surface area contributed by atoms with Gasteiger partial charge in [0.25, 0.3) is 5.91 Å². The lowest BCUT2D eigenvalue weighted by Crippen LogP contribution is -2.50. The molecule has 1 aromatic carbocycles. The van der Waals surface area contributed by atoms with Gasteiger partial charge in [0.15, 0.2) is 5.65 Å². The molecule has 6 N–H and O–H groups in total. The second kappa shape index (κ2) is 7.01. The molecule has 3 aromatic rings. The first-order chi connectivity index (χ1) is 13.5. The number of hydrogen-bond donors (Lipinski definition) is 5. The van der Waals surface area contributed by atoms with Gasteiger partial charge in [-0.1, -0.05) is 0 Å². The number of aromatic nitrogens is 3. The van der Waals surface area contributed by atoms with E-state index in [9.17, 15) is 9.18 Å². The van der Waals surface area contributed by atoms with Crippen LogP contribution in [0.2, 0.25) is 0 Å². The highest BCUT2D eigenvalue weighted by Crippen LogP contribution is 2.22. The van der Waals surface area contributed by atoms with E-state index in [1.54, 1.807) is 13.2 Å². The molecule has 28 heavy (non-hydrogen) atoms. The Labute approximate surface area is 160 Å². The summed E-state index contributed by atoms with van der Waals surface area (Å²) in [5, 5.41) is 14.3. The van der Waals surface area contributed by atoms with Crippen molar-refractivity contribution in [3.8, 4) is 0 Å². The van der Waals surface area contributed by atoms with Crippen LogP contribution >= 0.6 is 0 Å². The zero-order valence-corrected chi connectivity index (χ0v) is 15.2. The van der Waals surface area contributed by atoms with Crippen molar-refractivity contribution >= 4 is 28.5 Å². The number of carbonyl (C=O) groups is 1. The summed E-state index contributed by atoms with van der Waals surface area (Å²) in [5.41, 5.74) is 8.30. The number of nitrogens with zero attached hydrogens (tertiary/aromatic N) is 2. The Balaban J connectivity index is 1.66. The molecule has 0 bridgehead atoms. The van der Waals surface area contributed by atoms with Gasteiger partial charge >= 0.3 is 0 Å². The number of benzene rings is 1. The lowest BCUT2D eigenvalue weighted by atomic mass is 9.87. The number of carbonyl (C=O) groups excluding carboxylic acids is 1. The number of anilines is 1. The first kappa shape index (κ1) is 18.1. The third-order valence-electron chi connectivity index (χ3n) is 4.91. The van der Waals surface area contributed by atoms with E-state index in [1.165, 1.54) is 24.4 Å². The third-order valence-corrected chi connectivity index (χ3v) is 4.91. The van der Waals surface area contributed by atoms with E-state index in [4.69, 9.17) is 11.1 Å². The summed E-state index contributed by atoms with van der Waals surface area (Å²) in [7, 11) is 1.65. The first-order valence-electron chi connectivity index (χ1n) is 8.93. The molecule has 1 aliphatic carbocycles. The van der Waals surface area contributed by atoms with Crippen LogP contribution in [0.3, 0.4) is 0 Å². The minimum Gasteiger partial charge on any atom is -0.387 e. The molecule has 2 heterocycles. The van der Waals surface area contributed by atoms with Crippen molar-refractivity contribution in [3.05, 3.63) is 53.2 Å². The summed E-state index contributed by atoms with van der Waals surface area (Å²) in [6.45, 7) is 0. The molecule has 144 valence electrons. The lowest BCUT2D eigenvalue weighted by Gasteiger charge is -2.32. The van der Waals surface area contributed by atoms with Crippen molar-refractivity contribution in [2.24, 2.45) is 5.73 Å². The fraction of sp³-hybridized carbons (Fsp3) is 0.263. The summed E-state index contributed by atoms with van der Waals surface area (Å²) in [4.78, 5) is 24.3. The number of H-pyrrole nitrogens is 1. The molecule has 0 unspecified atom stereocenters. The van der Waals surface area contributed by atoms with Gasteiger partial charge in [0.2, 0.25) is 0 Å². The maximum Gasteiger partial charge on any atom is 0.255 e. The number of amides is 1. The molecule has 1 saturated carbocycles. The maximum absolute atomic E-state index is 13.5. The normalized spacial score (nSPS) is 18.5. The average Bonchev–Trinajstić information content (AvgIpc) is 3.09. The van der Waals surface area contributed by atoms with Crippen LogP contribution in [-0.4, -0.2) is 45.7 Å². The van der Waals surface area contributed by atoms with Crippen molar-refractivity contribution in [1.29, 1.82) is 5.41 Å². The number of nitrogens with one attached hydrogen (secondary N) is 4. The molecule has 9 heteroatoms. The number of fused-ring (bicyclic) bond motifs is 1. The number of aromatic amines is 1. The highest BCUT2D eigenvalue weighted by atomic mass is 19.1. The molecule has 0 aliphatic heterocycles. The van der Waals surface area contributed by atoms with Crippen LogP contribution in [0.5, 0.6) is 0 Å². The maximum atomic E-state index is 13.5. The van der Waals surface area contributed by atoms with Crippen LogP contribution in [0.1, 0.15) is 34.5 Å². The van der Waals surface area contributed by atoms with Crippen molar-refractivity contribution in [3.63, 3.8) is 0 Å². The van der Waals surface area contributed by atoms with E-state index in [0.717, 1.165) is 12.8 Å². The quantitative estimate of drug-likeness (QED) is 0.430. The van der Waals surface area contributed by atoms with Crippen molar-refractivity contribution in [2.75, 3.05) is 12.4 Å². The number of rotatable bonds is 5. The summed E-state index contributed by atoms with van der Waals surface area (Å²) in [6.07, 6.45) is 4.53. The Morgan fingerprint density at radius 3 is 2.86 bits per heavy atom. The molecule has 4 rings (SSSR count). The Kier molecular flexibility index (Phi) is 4.52. The van der Waals surface area contributed by atoms with Gasteiger partial charge in [0.1, 0.15) is 17.0 Å². The van der Waals surface area contributed by atoms with E-state index in [0.29, 0.717) is 28.0 Å². The van der Waals surface area contributed by atoms with Gasteiger partial charge in [-0.3, -0.25) is 10.2 Å². The standard InChI is InChI=1S/C19H20FN7O/c1-23-14-4-9(20)2-3-12(14)16(22)15-8-25-18-17(27-15)13(7-24-18)19(28)26-11-5-10(21)6-11/h2-4,7-8,10-11,22-23H,5-6,21H2,1H3,(H,24,25)(H,26,28)/t10-,11+. The summed E-state index contributed by atoms with van der Waals surface area (Å²) in [6, 6.07) is 4.32. The Hall–Kier alpha value is -3.33. The third kappa shape index (κ3) is 3.20. The van der Waals surface area contributed by atoms with Gasteiger partial charge in [-0.2, -0.15) is 0 Å². The largest absolute Gasteiger partial charge is 0.387 e. The topological polar surface area (TPSA) is 133 Å². The minimum absolute atomic E-state index is 0.0688. The molecule has 1 aliphatic rings. The molecular formula is C19H20FN7O. The van der Waals surface area contributed by atoms with Gasteiger partial charge in [-0.15, -0.1) is 0 Å². The molecule has 0 radical (unpaired) electrons. The zero-order valence-electron chi connectivity index (χ0n) is 15.2. The van der Waals surface area contributed by atoms with Crippen molar-refractivity contribution in [1.82, 2.24) is 20.3 Å². The number of hydrogen-bond acceptors (Lipinski definition) is 6. The van der Waals surface area contributed by atoms with Crippen LogP contribution in [-0.2, 0) is 0 Å².